The van der Waals surface area contributed by atoms with Gasteiger partial charge in [0.05, 0.1) is 14.4 Å². The maximum atomic E-state index is 11.2. The van der Waals surface area contributed by atoms with Crippen LogP contribution in [0.15, 0.2) is 0 Å². The number of unbranched alkanes of at least 4 members (excludes halogenated alkanes) is 9. The summed E-state index contributed by atoms with van der Waals surface area (Å²) in [6, 6.07) is 0. The van der Waals surface area contributed by atoms with Crippen LogP contribution in [0.2, 0.25) is 0 Å². The summed E-state index contributed by atoms with van der Waals surface area (Å²) < 4.78 is 37.0. The fourth-order valence-corrected chi connectivity index (χ4v) is 5.75. The molecule has 1 aliphatic heterocycles. The molecule has 0 bridgehead atoms. The molecule has 1 atom stereocenters. The molecule has 1 aliphatic rings. The van der Waals surface area contributed by atoms with Gasteiger partial charge in [0.25, 0.3) is 0 Å². The second-order valence-corrected chi connectivity index (χ2v) is 12.4. The first-order chi connectivity index (χ1) is 16.7. The van der Waals surface area contributed by atoms with Crippen LogP contribution < -0.4 is 147 Å². The van der Waals surface area contributed by atoms with Gasteiger partial charge in [0.15, 0.2) is 0 Å². The van der Waals surface area contributed by atoms with Crippen molar-refractivity contribution in [3.8, 4) is 11.5 Å². The maximum Gasteiger partial charge on any atom is 1.00 e. The van der Waals surface area contributed by atoms with E-state index in [1.54, 1.807) is 13.8 Å². The van der Waals surface area contributed by atoms with Crippen molar-refractivity contribution in [2.24, 2.45) is 0 Å². The van der Waals surface area contributed by atoms with Gasteiger partial charge >= 0.3 is 118 Å². The van der Waals surface area contributed by atoms with Gasteiger partial charge in [-0.05, 0) is 76.5 Å². The molecule has 0 N–H and O–H groups in total. The minimum atomic E-state index is -5.14. The summed E-state index contributed by atoms with van der Waals surface area (Å²) in [4.78, 5) is 43.1. The van der Waals surface area contributed by atoms with E-state index in [4.69, 9.17) is 9.26 Å². The fourth-order valence-electron chi connectivity index (χ4n) is 4.90. The van der Waals surface area contributed by atoms with Crippen LogP contribution in [0.4, 0.5) is 0 Å². The summed E-state index contributed by atoms with van der Waals surface area (Å²) in [7, 11) is -9.97. The average molecular weight is 638 g/mol. The number of phosphoric acid groups is 2. The molecule has 0 fully saturated rings. The van der Waals surface area contributed by atoms with Gasteiger partial charge < -0.3 is 42.5 Å². The Labute approximate surface area is 329 Å². The fraction of sp³-hybridized carbons (Fsp3) is 0.760. The number of phosphoric ester groups is 2. The number of rotatable bonds is 16. The van der Waals surface area contributed by atoms with Gasteiger partial charge in [-0.25, -0.2) is 0 Å². The second-order valence-electron chi connectivity index (χ2n) is 10.2. The van der Waals surface area contributed by atoms with E-state index in [2.05, 4.69) is 11.4 Å². The Hall–Kier alpha value is 3.08. The summed E-state index contributed by atoms with van der Waals surface area (Å²) >= 11 is 0. The zero-order valence-electron chi connectivity index (χ0n) is 26.0. The first kappa shape index (κ1) is 47.5. The van der Waals surface area contributed by atoms with Crippen LogP contribution in [-0.4, -0.2) is 12.2 Å². The van der Waals surface area contributed by atoms with Gasteiger partial charge in [-0.2, -0.15) is 0 Å². The molecular weight excluding hydrogens is 598 g/mol. The predicted octanol–water partition coefficient (Wildman–Crippen LogP) is -7.94. The number of benzene rings is 1. The molecule has 15 heteroatoms. The van der Waals surface area contributed by atoms with Crippen molar-refractivity contribution in [2.45, 2.75) is 117 Å². The molecule has 0 aliphatic carbocycles. The van der Waals surface area contributed by atoms with Crippen LogP contribution >= 0.6 is 15.6 Å². The van der Waals surface area contributed by atoms with Crippen molar-refractivity contribution in [1.29, 1.82) is 0 Å². The Morgan fingerprint density at radius 1 is 0.725 bits per heavy atom. The van der Waals surface area contributed by atoms with E-state index in [0.29, 0.717) is 17.5 Å². The molecule has 0 saturated heterocycles. The summed E-state index contributed by atoms with van der Waals surface area (Å²) in [5.74, 6) is 0.926. The molecule has 0 amide bonds. The topological polar surface area (TPSA) is 154 Å². The van der Waals surface area contributed by atoms with Crippen molar-refractivity contribution < 1.29 is 161 Å². The quantitative estimate of drug-likeness (QED) is 0.0976. The first-order valence-corrected chi connectivity index (χ1v) is 15.8. The molecule has 0 spiro atoms. The van der Waals surface area contributed by atoms with Crippen LogP contribution in [0.3, 0.4) is 0 Å². The zero-order chi connectivity index (χ0) is 27.0. The van der Waals surface area contributed by atoms with Gasteiger partial charge in [0.2, 0.25) is 0 Å². The molecule has 1 aromatic carbocycles. The molecule has 0 aromatic heterocycles. The van der Waals surface area contributed by atoms with Crippen LogP contribution in [0.1, 0.15) is 106 Å². The minimum Gasteiger partial charge on any atom is -0.790 e. The van der Waals surface area contributed by atoms with E-state index in [1.165, 1.54) is 19.3 Å². The normalized spacial score (nSPS) is 16.3. The van der Waals surface area contributed by atoms with Crippen LogP contribution in [0, 0.1) is 20.8 Å². The Morgan fingerprint density at radius 2 is 1.20 bits per heavy atom. The molecule has 1 unspecified atom stereocenters. The molecule has 1 heterocycles. The number of fused-ring (bicyclic) bond motifs is 1. The maximum absolute atomic E-state index is 11.2. The van der Waals surface area contributed by atoms with Crippen molar-refractivity contribution >= 4 is 15.6 Å². The van der Waals surface area contributed by atoms with Gasteiger partial charge in [0, 0.05) is 5.56 Å². The average Bonchev–Trinajstić information content (AvgIpc) is 2.77. The van der Waals surface area contributed by atoms with Crippen LogP contribution in [-0.2, 0) is 20.1 Å². The zero-order valence-corrected chi connectivity index (χ0v) is 35.8. The third-order valence-electron chi connectivity index (χ3n) is 7.12. The molecule has 40 heavy (non-hydrogen) atoms. The first-order valence-electron chi connectivity index (χ1n) is 12.9. The van der Waals surface area contributed by atoms with Gasteiger partial charge in [0.1, 0.15) is 24.9 Å². The van der Waals surface area contributed by atoms with E-state index in [1.807, 2.05) is 6.92 Å². The Bertz CT molecular complexity index is 972. The van der Waals surface area contributed by atoms with Gasteiger partial charge in [-0.3, -0.25) is 0 Å². The Balaban J connectivity index is -0.00000342. The summed E-state index contributed by atoms with van der Waals surface area (Å²) in [6.07, 6.45) is 13.0. The third-order valence-corrected chi connectivity index (χ3v) is 8.02. The molecule has 2 rings (SSSR count). The van der Waals surface area contributed by atoms with Crippen LogP contribution in [0.5, 0.6) is 11.5 Å². The molecule has 0 radical (unpaired) electrons. The molecule has 208 valence electrons. The molecule has 0 saturated carbocycles. The van der Waals surface area contributed by atoms with Crippen LogP contribution in [0.25, 0.3) is 0 Å². The predicted molar refractivity (Wildman–Crippen MR) is 131 cm³/mol. The second kappa shape index (κ2) is 22.6. The van der Waals surface area contributed by atoms with E-state index < -0.39 is 15.6 Å². The van der Waals surface area contributed by atoms with Gasteiger partial charge in [-0.1, -0.05) is 51.4 Å². The summed E-state index contributed by atoms with van der Waals surface area (Å²) in [5, 5.41) is 0. The van der Waals surface area contributed by atoms with Crippen molar-refractivity contribution in [1.82, 2.24) is 0 Å². The smallest absolute Gasteiger partial charge is 0.790 e. The number of hydrogen-bond donors (Lipinski definition) is 0. The largest absolute Gasteiger partial charge is 1.00 e. The molecular formula is C25H40Na4O9P2. The number of ether oxygens (including phenoxy) is 1. The SMILES string of the molecule is Cc1c(C)c2c(c(C)c1OP(=O)([O-])[O-])CCC(C)(CCCCCCCCCCCCOP(=O)([O-])[O-])O2.[Na+].[Na+].[Na+].[Na+]. The van der Waals surface area contributed by atoms with E-state index in [-0.39, 0.29) is 136 Å². The Morgan fingerprint density at radius 3 is 1.68 bits per heavy atom. The summed E-state index contributed by atoms with van der Waals surface area (Å²) in [5.41, 5.74) is 2.73. The minimum absolute atomic E-state index is 0. The third kappa shape index (κ3) is 17.7. The molecule has 9 nitrogen and oxygen atoms in total. The standard InChI is InChI=1S/C25H44O9P2.4Na/c1-19-20(2)24-22(21(3)23(19)34-36(29,30)31)15-17-25(4,33-24)16-13-11-9-7-5-6-8-10-12-14-18-32-35(26,27)28;;;;/h5-18H2,1-4H3,(H2,26,27,28)(H2,29,30,31);;;;/q;4*+1/p-4. The van der Waals surface area contributed by atoms with Crippen molar-refractivity contribution in [2.75, 3.05) is 6.61 Å². The van der Waals surface area contributed by atoms with E-state index >= 15 is 0 Å². The van der Waals surface area contributed by atoms with Crippen molar-refractivity contribution in [3.05, 3.63) is 22.3 Å². The van der Waals surface area contributed by atoms with Crippen molar-refractivity contribution in [3.63, 3.8) is 0 Å². The summed E-state index contributed by atoms with van der Waals surface area (Å²) in [6.45, 7) is 7.51. The molecule has 1 aromatic rings. The van der Waals surface area contributed by atoms with E-state index in [0.717, 1.165) is 74.7 Å². The van der Waals surface area contributed by atoms with Gasteiger partial charge in [-0.15, -0.1) is 0 Å². The Kier molecular flexibility index (Phi) is 26.8. The monoisotopic (exact) mass is 638 g/mol. The number of hydrogen-bond acceptors (Lipinski definition) is 9. The van der Waals surface area contributed by atoms with E-state index in [9.17, 15) is 28.7 Å².